The first-order valence-electron chi connectivity index (χ1n) is 20.0. The standard InChI is InChI=1S/C44H42ClF3N14/c1-23(50-2)11-37(49)55-43-51-19-26-9-10-33-38(40(26)56-43)36(61(4)58-33)16-25-12-27(17-29(45)14-25)31-18-34-39(41-32(31)21-52-42(57-41)54-30-20-53-60(3)22-30)35(62(5)59-34)15-24-7-6-8-28(13-24)44(46,47)48/h6-8,12-14,17,19-22,31H,9-11,15-16,18H2,1-5H3,(H,52,54,57)(H2,49,51,55,56). The van der Waals surface area contributed by atoms with Crippen LogP contribution in [0, 0.1) is 0 Å². The van der Waals surface area contributed by atoms with Crippen molar-refractivity contribution >= 4 is 40.7 Å². The summed E-state index contributed by atoms with van der Waals surface area (Å²) in [6.45, 7) is 1.89. The SMILES string of the molecule is CN=C(C)CC(N)=Nc1ncc2c(n1)-c1c(nn(C)c1Cc1cc(Cl)cc(C3Cc4nn(C)c(Cc5cccc(C(F)(F)F)c5)c4-c4nc(Nc5cnn(C)c5)ncc43)c1)CC2. The molecule has 0 spiro atoms. The van der Waals surface area contributed by atoms with Crippen molar-refractivity contribution in [1.29, 1.82) is 0 Å². The quantitative estimate of drug-likeness (QED) is 0.104. The number of aryl methyl sites for hydroxylation is 5. The molecule has 62 heavy (non-hydrogen) atoms. The second kappa shape index (κ2) is 15.9. The van der Waals surface area contributed by atoms with Gasteiger partial charge in [-0.3, -0.25) is 19.0 Å². The third-order valence-corrected chi connectivity index (χ3v) is 11.6. The van der Waals surface area contributed by atoms with Crippen LogP contribution < -0.4 is 11.1 Å². The van der Waals surface area contributed by atoms with Gasteiger partial charge >= 0.3 is 6.18 Å². The second-order valence-corrected chi connectivity index (χ2v) is 16.2. The molecule has 5 aromatic heterocycles. The van der Waals surface area contributed by atoms with Crippen LogP contribution in [0.4, 0.5) is 30.8 Å². The van der Waals surface area contributed by atoms with Crippen LogP contribution in [0.3, 0.4) is 0 Å². The van der Waals surface area contributed by atoms with E-state index in [1.54, 1.807) is 28.7 Å². The summed E-state index contributed by atoms with van der Waals surface area (Å²) in [5.74, 6) is 0.750. The number of amidine groups is 1. The highest BCUT2D eigenvalue weighted by Gasteiger charge is 2.35. The number of halogens is 4. The van der Waals surface area contributed by atoms with E-state index in [-0.39, 0.29) is 18.3 Å². The highest BCUT2D eigenvalue weighted by atomic mass is 35.5. The van der Waals surface area contributed by atoms with E-state index in [4.69, 9.17) is 42.5 Å². The van der Waals surface area contributed by atoms with Gasteiger partial charge in [0.1, 0.15) is 5.84 Å². The lowest BCUT2D eigenvalue weighted by atomic mass is 9.79. The third kappa shape index (κ3) is 7.95. The number of nitrogens with zero attached hydrogens (tertiary/aromatic N) is 12. The zero-order valence-corrected chi connectivity index (χ0v) is 35.4. The Morgan fingerprint density at radius 1 is 0.903 bits per heavy atom. The first-order valence-corrected chi connectivity index (χ1v) is 20.4. The van der Waals surface area contributed by atoms with E-state index in [0.29, 0.717) is 53.0 Å². The molecule has 2 aliphatic rings. The van der Waals surface area contributed by atoms with Crippen molar-refractivity contribution in [2.45, 2.75) is 57.5 Å². The largest absolute Gasteiger partial charge is 0.416 e. The molecule has 14 nitrogen and oxygen atoms in total. The maximum Gasteiger partial charge on any atom is 0.416 e. The van der Waals surface area contributed by atoms with Crippen LogP contribution in [0.25, 0.3) is 22.5 Å². The normalized spacial score (nSPS) is 15.0. The molecule has 5 heterocycles. The lowest BCUT2D eigenvalue weighted by molar-refractivity contribution is -0.137. The molecule has 0 amide bonds. The van der Waals surface area contributed by atoms with E-state index in [1.807, 2.05) is 63.5 Å². The fourth-order valence-corrected chi connectivity index (χ4v) is 8.73. The summed E-state index contributed by atoms with van der Waals surface area (Å²) in [6.07, 6.45) is 5.76. The molecule has 0 saturated heterocycles. The van der Waals surface area contributed by atoms with Crippen LogP contribution >= 0.6 is 11.6 Å². The van der Waals surface area contributed by atoms with Crippen LogP contribution in [-0.2, 0) is 59.4 Å². The minimum Gasteiger partial charge on any atom is -0.387 e. The van der Waals surface area contributed by atoms with E-state index in [1.165, 1.54) is 12.1 Å². The van der Waals surface area contributed by atoms with Crippen LogP contribution in [-0.4, -0.2) is 67.9 Å². The van der Waals surface area contributed by atoms with Gasteiger partial charge in [-0.05, 0) is 60.2 Å². The van der Waals surface area contributed by atoms with Gasteiger partial charge in [0.05, 0.1) is 51.6 Å². The van der Waals surface area contributed by atoms with Crippen molar-refractivity contribution in [3.8, 4) is 22.5 Å². The molecule has 1 atom stereocenters. The molecule has 0 fully saturated rings. The summed E-state index contributed by atoms with van der Waals surface area (Å²) < 4.78 is 46.6. The number of alkyl halides is 3. The van der Waals surface area contributed by atoms with E-state index >= 15 is 0 Å². The van der Waals surface area contributed by atoms with Gasteiger partial charge in [-0.1, -0.05) is 35.9 Å². The Kier molecular flexibility index (Phi) is 10.4. The van der Waals surface area contributed by atoms with Crippen LogP contribution in [0.15, 0.2) is 77.2 Å². The smallest absolute Gasteiger partial charge is 0.387 e. The highest BCUT2D eigenvalue weighted by molar-refractivity contribution is 6.30. The summed E-state index contributed by atoms with van der Waals surface area (Å²) in [6, 6.07) is 11.5. The van der Waals surface area contributed by atoms with Crippen LogP contribution in [0.1, 0.15) is 75.4 Å². The first kappa shape index (κ1) is 40.6. The molecule has 18 heteroatoms. The monoisotopic (exact) mass is 858 g/mol. The first-order chi connectivity index (χ1) is 29.7. The van der Waals surface area contributed by atoms with Crippen molar-refractivity contribution in [2.24, 2.45) is 36.9 Å². The van der Waals surface area contributed by atoms with Gasteiger partial charge in [0.25, 0.3) is 5.95 Å². The molecule has 3 N–H and O–H groups in total. The average Bonchev–Trinajstić information content (AvgIpc) is 3.89. The molecule has 0 bridgehead atoms. The summed E-state index contributed by atoms with van der Waals surface area (Å²) in [7, 11) is 7.29. The summed E-state index contributed by atoms with van der Waals surface area (Å²) >= 11 is 6.97. The summed E-state index contributed by atoms with van der Waals surface area (Å²) in [5.41, 5.74) is 17.9. The minimum absolute atomic E-state index is 0.210. The van der Waals surface area contributed by atoms with Gasteiger partial charge in [-0.25, -0.2) is 19.9 Å². The number of hydrogen-bond donors (Lipinski definition) is 2. The average molecular weight is 859 g/mol. The number of anilines is 2. The Morgan fingerprint density at radius 3 is 2.40 bits per heavy atom. The fraction of sp³-hybridized carbons (Fsp3) is 0.295. The lowest BCUT2D eigenvalue weighted by Gasteiger charge is -2.26. The maximum atomic E-state index is 13.8. The van der Waals surface area contributed by atoms with E-state index in [9.17, 15) is 13.2 Å². The van der Waals surface area contributed by atoms with Crippen molar-refractivity contribution in [1.82, 2.24) is 49.3 Å². The zero-order valence-electron chi connectivity index (χ0n) is 34.6. The van der Waals surface area contributed by atoms with E-state index in [2.05, 4.69) is 31.5 Å². The molecular weight excluding hydrogens is 817 g/mol. The van der Waals surface area contributed by atoms with Crippen molar-refractivity contribution in [3.05, 3.63) is 128 Å². The summed E-state index contributed by atoms with van der Waals surface area (Å²) in [4.78, 5) is 27.9. The van der Waals surface area contributed by atoms with E-state index in [0.717, 1.165) is 86.5 Å². The van der Waals surface area contributed by atoms with Crippen LogP contribution in [0.5, 0.6) is 0 Å². The van der Waals surface area contributed by atoms with Crippen molar-refractivity contribution < 1.29 is 13.2 Å². The molecule has 0 saturated carbocycles. The van der Waals surface area contributed by atoms with E-state index < -0.39 is 11.7 Å². The Labute approximate surface area is 359 Å². The predicted octanol–water partition coefficient (Wildman–Crippen LogP) is 7.65. The number of hydrogen-bond acceptors (Lipinski definition) is 10. The predicted molar refractivity (Wildman–Crippen MR) is 231 cm³/mol. The Bertz CT molecular complexity index is 2940. The number of nitrogens with one attached hydrogen (secondary N) is 1. The minimum atomic E-state index is -4.47. The van der Waals surface area contributed by atoms with Crippen molar-refractivity contribution in [2.75, 3.05) is 12.4 Å². The molecule has 7 aromatic rings. The highest BCUT2D eigenvalue weighted by Crippen LogP contribution is 2.45. The topological polar surface area (TPSA) is 168 Å². The molecule has 0 radical (unpaired) electrons. The summed E-state index contributed by atoms with van der Waals surface area (Å²) in [5, 5.41) is 17.9. The number of fused-ring (bicyclic) bond motifs is 6. The van der Waals surface area contributed by atoms with Crippen molar-refractivity contribution in [3.63, 3.8) is 0 Å². The van der Waals surface area contributed by atoms with Gasteiger partial charge in [-0.15, -0.1) is 0 Å². The molecule has 9 rings (SSSR count). The zero-order chi connectivity index (χ0) is 43.4. The van der Waals surface area contributed by atoms with Gasteiger partial charge < -0.3 is 11.1 Å². The molecule has 2 aromatic carbocycles. The number of nitrogens with two attached hydrogens (primary N) is 1. The number of rotatable bonds is 10. The van der Waals surface area contributed by atoms with Crippen LogP contribution in [0.2, 0.25) is 5.02 Å². The van der Waals surface area contributed by atoms with Gasteiger partial charge in [-0.2, -0.15) is 33.5 Å². The Morgan fingerprint density at radius 2 is 1.66 bits per heavy atom. The molecule has 1 unspecified atom stereocenters. The Hall–Kier alpha value is -6.75. The lowest BCUT2D eigenvalue weighted by Crippen LogP contribution is -2.16. The Balaban J connectivity index is 1.09. The number of aliphatic imine (C=N–C) groups is 2. The third-order valence-electron chi connectivity index (χ3n) is 11.4. The second-order valence-electron chi connectivity index (χ2n) is 15.8. The number of benzene rings is 2. The van der Waals surface area contributed by atoms with Gasteiger partial charge in [0.15, 0.2) is 0 Å². The molecular formula is C44H42ClF3N14. The van der Waals surface area contributed by atoms with Gasteiger partial charge in [0.2, 0.25) is 5.95 Å². The van der Waals surface area contributed by atoms with Gasteiger partial charge in [0, 0.05) is 106 Å². The maximum absolute atomic E-state index is 13.8. The molecule has 316 valence electrons. The number of aromatic nitrogens is 10. The molecule has 2 aliphatic carbocycles. The fourth-order valence-electron chi connectivity index (χ4n) is 8.47. The molecule has 0 aliphatic heterocycles.